The first kappa shape index (κ1) is 21.3. The van der Waals surface area contributed by atoms with Crippen molar-refractivity contribution in [2.75, 3.05) is 17.7 Å². The minimum Gasteiger partial charge on any atom is -0.465 e. The van der Waals surface area contributed by atoms with Gasteiger partial charge < -0.3 is 15.4 Å². The number of methoxy groups -OCH3 is 1. The number of anilines is 2. The van der Waals surface area contributed by atoms with Gasteiger partial charge in [-0.25, -0.2) is 4.79 Å². The van der Waals surface area contributed by atoms with Crippen LogP contribution in [-0.2, 0) is 4.74 Å². The normalized spacial score (nSPS) is 10.4. The fourth-order valence-corrected chi connectivity index (χ4v) is 4.12. The number of thiophene rings is 1. The fraction of sp³-hybridized carbons (Fsp3) is 0.174. The summed E-state index contributed by atoms with van der Waals surface area (Å²) in [4.78, 5) is 38.2. The van der Waals surface area contributed by atoms with Crippen LogP contribution in [0.5, 0.6) is 0 Å². The van der Waals surface area contributed by atoms with E-state index >= 15 is 0 Å². The molecule has 0 atom stereocenters. The number of hydrogen-bond acceptors (Lipinski definition) is 5. The molecule has 0 aliphatic rings. The first-order chi connectivity index (χ1) is 14.3. The Morgan fingerprint density at radius 3 is 2.17 bits per heavy atom. The molecule has 2 aromatic carbocycles. The molecule has 154 valence electrons. The summed E-state index contributed by atoms with van der Waals surface area (Å²) in [6.07, 6.45) is 0. The summed E-state index contributed by atoms with van der Waals surface area (Å²) >= 11 is 1.04. The van der Waals surface area contributed by atoms with Crippen LogP contribution in [0, 0.1) is 20.8 Å². The Bertz CT molecular complexity index is 1130. The van der Waals surface area contributed by atoms with E-state index in [-0.39, 0.29) is 22.4 Å². The first-order valence-corrected chi connectivity index (χ1v) is 10.1. The lowest BCUT2D eigenvalue weighted by Gasteiger charge is -2.06. The quantitative estimate of drug-likeness (QED) is 0.569. The standard InChI is InChI=1S/C23H22N2O4S/c1-13-7-5-9-16(11-13)20(26)25-22-18(23(28)29-4)15(3)19(30-22)21(27)24-17-10-6-8-14(2)12-17/h5-12H,1-4H3,(H,24,27)(H,25,26). The second-order valence-electron chi connectivity index (χ2n) is 6.90. The van der Waals surface area contributed by atoms with Gasteiger partial charge in [0.1, 0.15) is 5.00 Å². The van der Waals surface area contributed by atoms with Crippen molar-refractivity contribution in [1.82, 2.24) is 0 Å². The fourth-order valence-electron chi connectivity index (χ4n) is 3.04. The van der Waals surface area contributed by atoms with Gasteiger partial charge in [0.2, 0.25) is 0 Å². The van der Waals surface area contributed by atoms with Crippen LogP contribution >= 0.6 is 11.3 Å². The van der Waals surface area contributed by atoms with E-state index in [1.165, 1.54) is 7.11 Å². The van der Waals surface area contributed by atoms with Crippen molar-refractivity contribution >= 4 is 39.8 Å². The zero-order valence-electron chi connectivity index (χ0n) is 17.2. The van der Waals surface area contributed by atoms with Crippen LogP contribution in [0.3, 0.4) is 0 Å². The van der Waals surface area contributed by atoms with Crippen LogP contribution in [0.25, 0.3) is 0 Å². The lowest BCUT2D eigenvalue weighted by molar-refractivity contribution is 0.0601. The Hall–Kier alpha value is -3.45. The average Bonchev–Trinajstić information content (AvgIpc) is 3.03. The Morgan fingerprint density at radius 1 is 0.867 bits per heavy atom. The molecule has 2 N–H and O–H groups in total. The van der Waals surface area contributed by atoms with Crippen molar-refractivity contribution in [2.45, 2.75) is 20.8 Å². The Morgan fingerprint density at radius 2 is 1.53 bits per heavy atom. The second-order valence-corrected chi connectivity index (χ2v) is 7.92. The van der Waals surface area contributed by atoms with E-state index in [1.807, 2.05) is 38.1 Å². The molecule has 3 aromatic rings. The van der Waals surface area contributed by atoms with Crippen molar-refractivity contribution < 1.29 is 19.1 Å². The Balaban J connectivity index is 1.94. The van der Waals surface area contributed by atoms with Crippen LogP contribution in [-0.4, -0.2) is 24.9 Å². The molecule has 30 heavy (non-hydrogen) atoms. The highest BCUT2D eigenvalue weighted by atomic mass is 32.1. The molecule has 7 heteroatoms. The lowest BCUT2D eigenvalue weighted by Crippen LogP contribution is -2.14. The zero-order chi connectivity index (χ0) is 21.8. The number of hydrogen-bond donors (Lipinski definition) is 2. The van der Waals surface area contributed by atoms with E-state index in [0.29, 0.717) is 21.7 Å². The van der Waals surface area contributed by atoms with Crippen LogP contribution < -0.4 is 10.6 Å². The van der Waals surface area contributed by atoms with Gasteiger partial charge in [0.25, 0.3) is 11.8 Å². The highest BCUT2D eigenvalue weighted by Gasteiger charge is 2.26. The molecule has 0 aliphatic carbocycles. The topological polar surface area (TPSA) is 84.5 Å². The molecule has 0 unspecified atom stereocenters. The molecule has 2 amide bonds. The summed E-state index contributed by atoms with van der Waals surface area (Å²) in [6, 6.07) is 14.5. The van der Waals surface area contributed by atoms with E-state index in [4.69, 9.17) is 4.74 Å². The number of ether oxygens (including phenoxy) is 1. The third-order valence-corrected chi connectivity index (χ3v) is 5.73. The third kappa shape index (κ3) is 4.58. The Kier molecular flexibility index (Phi) is 6.32. The summed E-state index contributed by atoms with van der Waals surface area (Å²) in [5.41, 5.74) is 3.70. The highest BCUT2D eigenvalue weighted by Crippen LogP contribution is 2.34. The van der Waals surface area contributed by atoms with Crippen LogP contribution in [0.15, 0.2) is 48.5 Å². The van der Waals surface area contributed by atoms with Crippen LogP contribution in [0.1, 0.15) is 47.1 Å². The van der Waals surface area contributed by atoms with Gasteiger partial charge in [-0.05, 0) is 56.2 Å². The van der Waals surface area contributed by atoms with Gasteiger partial charge in [0.15, 0.2) is 0 Å². The van der Waals surface area contributed by atoms with Gasteiger partial charge in [0.05, 0.1) is 17.6 Å². The first-order valence-electron chi connectivity index (χ1n) is 9.28. The molecule has 1 aromatic heterocycles. The number of rotatable bonds is 5. The minimum absolute atomic E-state index is 0.179. The zero-order valence-corrected chi connectivity index (χ0v) is 18.0. The number of amides is 2. The molecule has 1 heterocycles. The molecule has 0 fully saturated rings. The number of nitrogens with one attached hydrogen (secondary N) is 2. The Labute approximate surface area is 178 Å². The smallest absolute Gasteiger partial charge is 0.341 e. The van der Waals surface area contributed by atoms with Gasteiger partial charge in [0, 0.05) is 11.3 Å². The largest absolute Gasteiger partial charge is 0.465 e. The van der Waals surface area contributed by atoms with Crippen LogP contribution in [0.2, 0.25) is 0 Å². The summed E-state index contributed by atoms with van der Waals surface area (Å²) in [5, 5.41) is 5.87. The maximum atomic E-state index is 12.9. The molecule has 0 saturated carbocycles. The minimum atomic E-state index is -0.613. The van der Waals surface area contributed by atoms with E-state index in [2.05, 4.69) is 10.6 Å². The molecule has 0 saturated heterocycles. The summed E-state index contributed by atoms with van der Waals surface area (Å²) in [6.45, 7) is 5.48. The second kappa shape index (κ2) is 8.92. The SMILES string of the molecule is COC(=O)c1c(NC(=O)c2cccc(C)c2)sc(C(=O)Nc2cccc(C)c2)c1C. The van der Waals surface area contributed by atoms with Gasteiger partial charge in [-0.15, -0.1) is 11.3 Å². The van der Waals surface area contributed by atoms with E-state index in [9.17, 15) is 14.4 Å². The molecule has 0 bridgehead atoms. The predicted molar refractivity (Wildman–Crippen MR) is 119 cm³/mol. The molecule has 0 spiro atoms. The molecule has 0 radical (unpaired) electrons. The van der Waals surface area contributed by atoms with Crippen molar-refractivity contribution in [3.8, 4) is 0 Å². The monoisotopic (exact) mass is 422 g/mol. The van der Waals surface area contributed by atoms with Crippen molar-refractivity contribution in [1.29, 1.82) is 0 Å². The summed E-state index contributed by atoms with van der Waals surface area (Å²) in [7, 11) is 1.26. The number of carbonyl (C=O) groups excluding carboxylic acids is 3. The molecular formula is C23H22N2O4S. The predicted octanol–water partition coefficient (Wildman–Crippen LogP) is 4.96. The molecule has 0 aliphatic heterocycles. The van der Waals surface area contributed by atoms with Crippen molar-refractivity contribution in [3.05, 3.63) is 81.2 Å². The lowest BCUT2D eigenvalue weighted by atomic mass is 10.1. The summed E-state index contributed by atoms with van der Waals surface area (Å²) in [5.74, 6) is -1.34. The molecule has 6 nitrogen and oxygen atoms in total. The van der Waals surface area contributed by atoms with Crippen LogP contribution in [0.4, 0.5) is 10.7 Å². The van der Waals surface area contributed by atoms with E-state index in [1.54, 1.807) is 31.2 Å². The van der Waals surface area contributed by atoms with Crippen molar-refractivity contribution in [3.63, 3.8) is 0 Å². The third-order valence-electron chi connectivity index (χ3n) is 4.53. The highest BCUT2D eigenvalue weighted by molar-refractivity contribution is 7.19. The average molecular weight is 423 g/mol. The maximum absolute atomic E-state index is 12.9. The summed E-state index contributed by atoms with van der Waals surface area (Å²) < 4.78 is 4.88. The van der Waals surface area contributed by atoms with Crippen molar-refractivity contribution in [2.24, 2.45) is 0 Å². The number of esters is 1. The number of benzene rings is 2. The van der Waals surface area contributed by atoms with Gasteiger partial charge in [-0.3, -0.25) is 9.59 Å². The van der Waals surface area contributed by atoms with E-state index < -0.39 is 5.97 Å². The van der Waals surface area contributed by atoms with Gasteiger partial charge in [-0.1, -0.05) is 29.8 Å². The van der Waals surface area contributed by atoms with Gasteiger partial charge in [-0.2, -0.15) is 0 Å². The maximum Gasteiger partial charge on any atom is 0.341 e. The number of aryl methyl sites for hydroxylation is 2. The van der Waals surface area contributed by atoms with E-state index in [0.717, 1.165) is 22.5 Å². The number of carbonyl (C=O) groups is 3. The molecule has 3 rings (SSSR count). The van der Waals surface area contributed by atoms with Gasteiger partial charge >= 0.3 is 5.97 Å². The molecular weight excluding hydrogens is 400 g/mol.